The molecule has 0 spiro atoms. The molecule has 0 aliphatic rings. The molecule has 0 saturated heterocycles. The van der Waals surface area contributed by atoms with E-state index in [1.165, 1.54) is 4.88 Å². The van der Waals surface area contributed by atoms with Crippen molar-refractivity contribution >= 4 is 17.3 Å². The Morgan fingerprint density at radius 3 is 2.70 bits per heavy atom. The molecule has 106 valence electrons. The molecule has 20 heavy (non-hydrogen) atoms. The Labute approximate surface area is 122 Å². The third-order valence-corrected chi connectivity index (χ3v) is 3.95. The molecule has 0 saturated carbocycles. The molecule has 2 N–H and O–H groups in total. The summed E-state index contributed by atoms with van der Waals surface area (Å²) in [4.78, 5) is 12.0. The van der Waals surface area contributed by atoms with Gasteiger partial charge in [-0.2, -0.15) is 0 Å². The number of ether oxygens (including phenoxy) is 1. The quantitative estimate of drug-likeness (QED) is 0.769. The Bertz CT molecular complexity index is 537. The average molecular weight is 291 g/mol. The fraction of sp³-hybridized carbons (Fsp3) is 0.267. The van der Waals surface area contributed by atoms with E-state index < -0.39 is 5.97 Å². The van der Waals surface area contributed by atoms with Crippen LogP contribution >= 0.6 is 11.3 Å². The highest BCUT2D eigenvalue weighted by atomic mass is 32.1. The molecule has 0 amide bonds. The molecule has 0 radical (unpaired) electrons. The van der Waals surface area contributed by atoms with E-state index in [2.05, 4.69) is 23.7 Å². The van der Waals surface area contributed by atoms with Crippen LogP contribution in [0, 0.1) is 0 Å². The summed E-state index contributed by atoms with van der Waals surface area (Å²) < 4.78 is 5.56. The standard InChI is InChI=1S/C15H17NO3S/c1-11(14-3-2-10-20-14)16-8-9-19-13-6-4-12(5-7-13)15(17)18/h2-7,10-11,16H,8-9H2,1H3,(H,17,18)/t11-/m1/s1. The van der Waals surface area contributed by atoms with Gasteiger partial charge in [0, 0.05) is 17.5 Å². The Morgan fingerprint density at radius 1 is 1.35 bits per heavy atom. The number of thiophene rings is 1. The van der Waals surface area contributed by atoms with Gasteiger partial charge < -0.3 is 15.2 Å². The summed E-state index contributed by atoms with van der Waals surface area (Å²) in [5.41, 5.74) is 0.266. The maximum absolute atomic E-state index is 10.7. The summed E-state index contributed by atoms with van der Waals surface area (Å²) in [6.45, 7) is 3.40. The van der Waals surface area contributed by atoms with Crippen molar-refractivity contribution < 1.29 is 14.6 Å². The summed E-state index contributed by atoms with van der Waals surface area (Å²) in [6, 6.07) is 10.9. The SMILES string of the molecule is C[C@@H](NCCOc1ccc(C(=O)O)cc1)c1cccs1. The third-order valence-electron chi connectivity index (χ3n) is 2.89. The molecule has 2 rings (SSSR count). The van der Waals surface area contributed by atoms with E-state index in [4.69, 9.17) is 9.84 Å². The Morgan fingerprint density at radius 2 is 2.10 bits per heavy atom. The van der Waals surface area contributed by atoms with E-state index in [0.29, 0.717) is 18.4 Å². The maximum Gasteiger partial charge on any atom is 0.335 e. The van der Waals surface area contributed by atoms with Crippen LogP contribution in [0.4, 0.5) is 0 Å². The lowest BCUT2D eigenvalue weighted by molar-refractivity contribution is 0.0697. The molecular weight excluding hydrogens is 274 g/mol. The van der Waals surface area contributed by atoms with Crippen LogP contribution in [0.1, 0.15) is 28.2 Å². The predicted molar refractivity (Wildman–Crippen MR) is 79.6 cm³/mol. The smallest absolute Gasteiger partial charge is 0.335 e. The van der Waals surface area contributed by atoms with Crippen LogP contribution in [-0.4, -0.2) is 24.2 Å². The lowest BCUT2D eigenvalue weighted by Crippen LogP contribution is -2.23. The molecule has 0 fully saturated rings. The first-order valence-corrected chi connectivity index (χ1v) is 7.27. The van der Waals surface area contributed by atoms with E-state index in [0.717, 1.165) is 6.54 Å². The van der Waals surface area contributed by atoms with E-state index in [1.54, 1.807) is 35.6 Å². The minimum Gasteiger partial charge on any atom is -0.492 e. The van der Waals surface area contributed by atoms with Crippen molar-refractivity contribution in [2.45, 2.75) is 13.0 Å². The summed E-state index contributed by atoms with van der Waals surface area (Å²) in [6.07, 6.45) is 0. The number of nitrogens with one attached hydrogen (secondary N) is 1. The Hall–Kier alpha value is -1.85. The number of carbonyl (C=O) groups is 1. The van der Waals surface area contributed by atoms with E-state index in [1.807, 2.05) is 6.07 Å². The van der Waals surface area contributed by atoms with Crippen molar-refractivity contribution in [1.82, 2.24) is 5.32 Å². The van der Waals surface area contributed by atoms with Gasteiger partial charge in [0.1, 0.15) is 12.4 Å². The van der Waals surface area contributed by atoms with Gasteiger partial charge >= 0.3 is 5.97 Å². The monoisotopic (exact) mass is 291 g/mol. The second-order valence-electron chi connectivity index (χ2n) is 4.37. The second-order valence-corrected chi connectivity index (χ2v) is 5.35. The molecule has 5 heteroatoms. The highest BCUT2D eigenvalue weighted by molar-refractivity contribution is 7.10. The summed E-state index contributed by atoms with van der Waals surface area (Å²) >= 11 is 1.73. The van der Waals surface area contributed by atoms with Gasteiger partial charge in [0.15, 0.2) is 0 Å². The molecule has 0 bridgehead atoms. The van der Waals surface area contributed by atoms with Crippen LogP contribution in [0.15, 0.2) is 41.8 Å². The summed E-state index contributed by atoms with van der Waals surface area (Å²) in [5, 5.41) is 14.2. The number of carboxylic acids is 1. The molecule has 4 nitrogen and oxygen atoms in total. The largest absolute Gasteiger partial charge is 0.492 e. The van der Waals surface area contributed by atoms with Crippen LogP contribution in [0.25, 0.3) is 0 Å². The lowest BCUT2D eigenvalue weighted by Gasteiger charge is -2.12. The van der Waals surface area contributed by atoms with E-state index in [-0.39, 0.29) is 5.56 Å². The second kappa shape index (κ2) is 7.07. The zero-order valence-electron chi connectivity index (χ0n) is 11.2. The molecule has 0 aliphatic carbocycles. The molecule has 1 aromatic carbocycles. The summed E-state index contributed by atoms with van der Waals surface area (Å²) in [5.74, 6) is -0.247. The van der Waals surface area contributed by atoms with Gasteiger partial charge in [-0.25, -0.2) is 4.79 Å². The molecule has 0 aliphatic heterocycles. The first-order valence-electron chi connectivity index (χ1n) is 6.40. The minimum atomic E-state index is -0.928. The Balaban J connectivity index is 1.72. The normalized spacial score (nSPS) is 12.1. The molecular formula is C15H17NO3S. The first-order chi connectivity index (χ1) is 9.66. The number of aromatic carboxylic acids is 1. The molecule has 1 aromatic heterocycles. The molecule has 1 atom stereocenters. The van der Waals surface area contributed by atoms with Crippen molar-refractivity contribution in [2.24, 2.45) is 0 Å². The van der Waals surface area contributed by atoms with Crippen LogP contribution < -0.4 is 10.1 Å². The van der Waals surface area contributed by atoms with Crippen LogP contribution in [0.2, 0.25) is 0 Å². The minimum absolute atomic E-state index is 0.266. The van der Waals surface area contributed by atoms with E-state index >= 15 is 0 Å². The van der Waals surface area contributed by atoms with Crippen molar-refractivity contribution in [2.75, 3.05) is 13.2 Å². The van der Waals surface area contributed by atoms with Gasteiger partial charge in [-0.1, -0.05) is 6.07 Å². The Kier molecular flexibility index (Phi) is 5.15. The zero-order valence-corrected chi connectivity index (χ0v) is 12.0. The van der Waals surface area contributed by atoms with Crippen molar-refractivity contribution in [1.29, 1.82) is 0 Å². The highest BCUT2D eigenvalue weighted by Gasteiger charge is 2.05. The summed E-state index contributed by atoms with van der Waals surface area (Å²) in [7, 11) is 0. The predicted octanol–water partition coefficient (Wildman–Crippen LogP) is 3.18. The van der Waals surface area contributed by atoms with Crippen molar-refractivity contribution in [3.05, 3.63) is 52.2 Å². The molecule has 1 heterocycles. The number of hydrogen-bond acceptors (Lipinski definition) is 4. The molecule has 0 unspecified atom stereocenters. The van der Waals surface area contributed by atoms with Crippen LogP contribution in [0.3, 0.4) is 0 Å². The van der Waals surface area contributed by atoms with Crippen molar-refractivity contribution in [3.63, 3.8) is 0 Å². The van der Waals surface area contributed by atoms with Crippen molar-refractivity contribution in [3.8, 4) is 5.75 Å². The number of carboxylic acid groups (broad SMARTS) is 1. The fourth-order valence-electron chi connectivity index (χ4n) is 1.78. The van der Waals surface area contributed by atoms with Gasteiger partial charge in [-0.3, -0.25) is 0 Å². The average Bonchev–Trinajstić information content (AvgIpc) is 2.98. The highest BCUT2D eigenvalue weighted by Crippen LogP contribution is 2.17. The maximum atomic E-state index is 10.7. The number of hydrogen-bond donors (Lipinski definition) is 2. The van der Waals surface area contributed by atoms with Gasteiger partial charge in [0.25, 0.3) is 0 Å². The number of rotatable bonds is 7. The lowest BCUT2D eigenvalue weighted by atomic mass is 10.2. The van der Waals surface area contributed by atoms with Gasteiger partial charge in [0.05, 0.1) is 5.56 Å². The zero-order chi connectivity index (χ0) is 14.4. The van der Waals surface area contributed by atoms with Crippen LogP contribution in [0.5, 0.6) is 5.75 Å². The topological polar surface area (TPSA) is 58.6 Å². The van der Waals surface area contributed by atoms with Gasteiger partial charge in [-0.05, 0) is 42.6 Å². The fourth-order valence-corrected chi connectivity index (χ4v) is 2.54. The van der Waals surface area contributed by atoms with Gasteiger partial charge in [0.2, 0.25) is 0 Å². The third kappa shape index (κ3) is 4.08. The van der Waals surface area contributed by atoms with E-state index in [9.17, 15) is 4.79 Å². The first kappa shape index (κ1) is 14.6. The molecule has 2 aromatic rings. The number of benzene rings is 1. The van der Waals surface area contributed by atoms with Gasteiger partial charge in [-0.15, -0.1) is 11.3 Å². The van der Waals surface area contributed by atoms with Crippen LogP contribution in [-0.2, 0) is 0 Å².